The molecule has 1 atom stereocenters. The maximum atomic E-state index is 9.45. The summed E-state index contributed by atoms with van der Waals surface area (Å²) in [4.78, 5) is 4.50. The summed E-state index contributed by atoms with van der Waals surface area (Å²) >= 11 is 1.60. The summed E-state index contributed by atoms with van der Waals surface area (Å²) in [5.41, 5.74) is 2.07. The highest BCUT2D eigenvalue weighted by atomic mass is 32.2. The van der Waals surface area contributed by atoms with Crippen molar-refractivity contribution in [2.24, 2.45) is 0 Å². The Morgan fingerprint density at radius 3 is 2.87 bits per heavy atom. The second-order valence-electron chi connectivity index (χ2n) is 3.55. The molecule has 0 spiro atoms. The first-order valence-corrected chi connectivity index (χ1v) is 6.12. The minimum absolute atomic E-state index is 0.353. The van der Waals surface area contributed by atoms with Gasteiger partial charge in [0.05, 0.1) is 23.7 Å². The molecular formula is C11H14N2OS. The molecule has 2 aromatic rings. The van der Waals surface area contributed by atoms with E-state index in [0.717, 1.165) is 16.2 Å². The van der Waals surface area contributed by atoms with Gasteiger partial charge in [-0.2, -0.15) is 0 Å². The monoisotopic (exact) mass is 222 g/mol. The first kappa shape index (κ1) is 10.5. The zero-order chi connectivity index (χ0) is 10.8. The Bertz CT molecular complexity index is 465. The summed E-state index contributed by atoms with van der Waals surface area (Å²) in [6.07, 6.45) is 1.65. The minimum Gasteiger partial charge on any atom is -0.392 e. The molecule has 80 valence electrons. The molecule has 0 amide bonds. The van der Waals surface area contributed by atoms with Gasteiger partial charge in [0, 0.05) is 0 Å². The van der Waals surface area contributed by atoms with Crippen molar-refractivity contribution in [2.45, 2.75) is 24.7 Å². The van der Waals surface area contributed by atoms with Crippen LogP contribution in [-0.4, -0.2) is 27.0 Å². The van der Waals surface area contributed by atoms with E-state index in [1.807, 2.05) is 30.5 Å². The average Bonchev–Trinajstić information content (AvgIpc) is 2.56. The normalized spacial score (nSPS) is 13.3. The Labute approximate surface area is 93.1 Å². The lowest BCUT2D eigenvalue weighted by atomic mass is 10.3. The number of rotatable bonds is 3. The number of aliphatic hydroxyl groups excluding tert-OH is 1. The number of hydrogen-bond acceptors (Lipinski definition) is 3. The lowest BCUT2D eigenvalue weighted by Gasteiger charge is -2.09. The molecule has 0 bridgehead atoms. The Morgan fingerprint density at radius 2 is 2.20 bits per heavy atom. The van der Waals surface area contributed by atoms with Gasteiger partial charge in [0.2, 0.25) is 0 Å². The highest BCUT2D eigenvalue weighted by Crippen LogP contribution is 2.22. The summed E-state index contributed by atoms with van der Waals surface area (Å²) in [6.45, 7) is 2.38. The number of aromatic nitrogens is 2. The topological polar surface area (TPSA) is 38.0 Å². The molecule has 0 unspecified atom stereocenters. The van der Waals surface area contributed by atoms with Crippen molar-refractivity contribution in [3.8, 4) is 0 Å². The van der Waals surface area contributed by atoms with Gasteiger partial charge in [-0.25, -0.2) is 4.98 Å². The van der Waals surface area contributed by atoms with Crippen molar-refractivity contribution >= 4 is 22.8 Å². The van der Waals surface area contributed by atoms with Crippen molar-refractivity contribution in [2.75, 3.05) is 6.26 Å². The van der Waals surface area contributed by atoms with Gasteiger partial charge >= 0.3 is 0 Å². The van der Waals surface area contributed by atoms with Crippen molar-refractivity contribution in [3.05, 3.63) is 24.3 Å². The Kier molecular flexibility index (Phi) is 2.98. The van der Waals surface area contributed by atoms with Crippen molar-refractivity contribution < 1.29 is 5.11 Å². The SMILES string of the molecule is CSc1nc2ccccc2n1C[C@@H](C)O. The molecule has 0 aliphatic rings. The summed E-state index contributed by atoms with van der Waals surface area (Å²) < 4.78 is 2.06. The molecule has 1 aromatic heterocycles. The predicted molar refractivity (Wildman–Crippen MR) is 63.2 cm³/mol. The van der Waals surface area contributed by atoms with E-state index < -0.39 is 0 Å². The molecular weight excluding hydrogens is 208 g/mol. The summed E-state index contributed by atoms with van der Waals surface area (Å²) in [5.74, 6) is 0. The smallest absolute Gasteiger partial charge is 0.168 e. The Balaban J connectivity index is 2.56. The van der Waals surface area contributed by atoms with Gasteiger partial charge in [0.1, 0.15) is 0 Å². The average molecular weight is 222 g/mol. The van der Waals surface area contributed by atoms with Gasteiger partial charge in [-0.1, -0.05) is 23.9 Å². The van der Waals surface area contributed by atoms with Gasteiger partial charge in [0.25, 0.3) is 0 Å². The summed E-state index contributed by atoms with van der Waals surface area (Å²) in [7, 11) is 0. The van der Waals surface area contributed by atoms with E-state index in [9.17, 15) is 5.11 Å². The van der Waals surface area contributed by atoms with Gasteiger partial charge in [-0.3, -0.25) is 0 Å². The maximum Gasteiger partial charge on any atom is 0.168 e. The van der Waals surface area contributed by atoms with Crippen LogP contribution in [0.4, 0.5) is 0 Å². The number of thioether (sulfide) groups is 1. The third kappa shape index (κ3) is 2.01. The zero-order valence-electron chi connectivity index (χ0n) is 8.84. The third-order valence-electron chi connectivity index (χ3n) is 2.25. The standard InChI is InChI=1S/C11H14N2OS/c1-8(14)7-13-10-6-4-3-5-9(10)12-11(13)15-2/h3-6,8,14H,7H2,1-2H3/t8-/m1/s1. The van der Waals surface area contributed by atoms with Gasteiger partial charge in [-0.15, -0.1) is 0 Å². The Morgan fingerprint density at radius 1 is 1.47 bits per heavy atom. The van der Waals surface area contributed by atoms with Crippen LogP contribution in [0.2, 0.25) is 0 Å². The number of aliphatic hydroxyl groups is 1. The second-order valence-corrected chi connectivity index (χ2v) is 4.32. The number of benzene rings is 1. The van der Waals surface area contributed by atoms with E-state index in [2.05, 4.69) is 9.55 Å². The lowest BCUT2D eigenvalue weighted by molar-refractivity contribution is 0.172. The summed E-state index contributed by atoms with van der Waals surface area (Å²) in [5, 5.41) is 10.4. The van der Waals surface area contributed by atoms with E-state index in [-0.39, 0.29) is 6.10 Å². The van der Waals surface area contributed by atoms with Crippen molar-refractivity contribution in [1.29, 1.82) is 0 Å². The molecule has 1 heterocycles. The molecule has 0 radical (unpaired) electrons. The quantitative estimate of drug-likeness (QED) is 0.809. The van der Waals surface area contributed by atoms with Crippen LogP contribution in [0.3, 0.4) is 0 Å². The fraction of sp³-hybridized carbons (Fsp3) is 0.364. The van der Waals surface area contributed by atoms with E-state index in [0.29, 0.717) is 6.54 Å². The van der Waals surface area contributed by atoms with Crippen molar-refractivity contribution in [1.82, 2.24) is 9.55 Å². The van der Waals surface area contributed by atoms with Crippen LogP contribution in [-0.2, 0) is 6.54 Å². The molecule has 1 N–H and O–H groups in total. The van der Waals surface area contributed by atoms with E-state index in [1.165, 1.54) is 0 Å². The van der Waals surface area contributed by atoms with Crippen LogP contribution in [0.5, 0.6) is 0 Å². The molecule has 15 heavy (non-hydrogen) atoms. The van der Waals surface area contributed by atoms with Crippen LogP contribution in [0.25, 0.3) is 11.0 Å². The molecule has 0 saturated carbocycles. The second kappa shape index (κ2) is 4.24. The number of nitrogens with zero attached hydrogens (tertiary/aromatic N) is 2. The summed E-state index contributed by atoms with van der Waals surface area (Å²) in [6, 6.07) is 8.00. The first-order valence-electron chi connectivity index (χ1n) is 4.89. The number of para-hydroxylation sites is 2. The molecule has 0 aliphatic carbocycles. The van der Waals surface area contributed by atoms with Crippen LogP contribution < -0.4 is 0 Å². The number of imidazole rings is 1. The van der Waals surface area contributed by atoms with Crippen LogP contribution >= 0.6 is 11.8 Å². The molecule has 4 heteroatoms. The molecule has 2 rings (SSSR count). The van der Waals surface area contributed by atoms with Crippen LogP contribution in [0, 0.1) is 0 Å². The largest absolute Gasteiger partial charge is 0.392 e. The molecule has 3 nitrogen and oxygen atoms in total. The molecule has 0 aliphatic heterocycles. The van der Waals surface area contributed by atoms with E-state index >= 15 is 0 Å². The highest BCUT2D eigenvalue weighted by Gasteiger charge is 2.10. The fourth-order valence-electron chi connectivity index (χ4n) is 1.65. The van der Waals surface area contributed by atoms with Gasteiger partial charge in [0.15, 0.2) is 5.16 Å². The Hall–Kier alpha value is -1.00. The highest BCUT2D eigenvalue weighted by molar-refractivity contribution is 7.98. The number of fused-ring (bicyclic) bond motifs is 1. The third-order valence-corrected chi connectivity index (χ3v) is 2.93. The van der Waals surface area contributed by atoms with Gasteiger partial charge < -0.3 is 9.67 Å². The van der Waals surface area contributed by atoms with E-state index in [4.69, 9.17) is 0 Å². The molecule has 0 saturated heterocycles. The van der Waals surface area contributed by atoms with E-state index in [1.54, 1.807) is 18.7 Å². The molecule has 1 aromatic carbocycles. The minimum atomic E-state index is -0.353. The maximum absolute atomic E-state index is 9.45. The zero-order valence-corrected chi connectivity index (χ0v) is 9.66. The van der Waals surface area contributed by atoms with Crippen LogP contribution in [0.1, 0.15) is 6.92 Å². The number of hydrogen-bond donors (Lipinski definition) is 1. The first-order chi connectivity index (χ1) is 7.22. The molecule has 0 fully saturated rings. The van der Waals surface area contributed by atoms with Gasteiger partial charge in [-0.05, 0) is 25.3 Å². The van der Waals surface area contributed by atoms with Crippen LogP contribution in [0.15, 0.2) is 29.4 Å². The predicted octanol–water partition coefficient (Wildman–Crippen LogP) is 2.14. The van der Waals surface area contributed by atoms with Crippen molar-refractivity contribution in [3.63, 3.8) is 0 Å². The lowest BCUT2D eigenvalue weighted by Crippen LogP contribution is -2.12. The fourth-order valence-corrected chi connectivity index (χ4v) is 2.23.